The number of nitrogens with zero attached hydrogens (tertiary/aromatic N) is 2. The number of hydrogen-bond donors (Lipinski definition) is 0. The maximum atomic E-state index is 4.25. The lowest BCUT2D eigenvalue weighted by molar-refractivity contribution is 0.560. The lowest BCUT2D eigenvalue weighted by atomic mass is 10.1. The first-order valence-electron chi connectivity index (χ1n) is 4.70. The van der Waals surface area contributed by atoms with Crippen LogP contribution in [-0.2, 0) is 0 Å². The average molecular weight is 192 g/mol. The Morgan fingerprint density at radius 2 is 1.86 bits per heavy atom. The van der Waals surface area contributed by atoms with Gasteiger partial charge in [0, 0.05) is 32.2 Å². The maximum Gasteiger partial charge on any atom is 0.0404 e. The van der Waals surface area contributed by atoms with E-state index in [1.165, 1.54) is 0 Å². The van der Waals surface area contributed by atoms with Gasteiger partial charge < -0.3 is 4.90 Å². The first-order valence-corrected chi connectivity index (χ1v) is 4.70. The van der Waals surface area contributed by atoms with Crippen LogP contribution in [0.25, 0.3) is 0 Å². The molecule has 0 radical (unpaired) electrons. The molecule has 14 heavy (non-hydrogen) atoms. The highest BCUT2D eigenvalue weighted by atomic mass is 15.0. The third-order valence-electron chi connectivity index (χ3n) is 1.92. The molecule has 0 saturated carbocycles. The van der Waals surface area contributed by atoms with Gasteiger partial charge in [-0.2, -0.15) is 0 Å². The molecule has 0 aliphatic rings. The standard InChI is InChI=1S/C12H20N2/c1-7-12(9-14(5)6)10(3)11(4)13-8-2/h7-9H,1H2,2-6H3/b11-10-,12-9+,13-8-. The van der Waals surface area contributed by atoms with Gasteiger partial charge in [0.1, 0.15) is 0 Å². The highest BCUT2D eigenvalue weighted by Gasteiger charge is 1.99. The van der Waals surface area contributed by atoms with Gasteiger partial charge in [0.2, 0.25) is 0 Å². The zero-order valence-corrected chi connectivity index (χ0v) is 9.83. The van der Waals surface area contributed by atoms with Crippen molar-refractivity contribution in [2.75, 3.05) is 14.1 Å². The predicted molar refractivity (Wildman–Crippen MR) is 64.5 cm³/mol. The second-order valence-corrected chi connectivity index (χ2v) is 3.35. The molecular formula is C12H20N2. The molecular weight excluding hydrogens is 172 g/mol. The van der Waals surface area contributed by atoms with Crippen molar-refractivity contribution in [3.63, 3.8) is 0 Å². The second-order valence-electron chi connectivity index (χ2n) is 3.35. The molecule has 0 aromatic heterocycles. The number of hydrogen-bond acceptors (Lipinski definition) is 2. The SMILES string of the molecule is C=CC(=C\N(C)C)/C(C)=C(C)\N=C/C. The maximum absolute atomic E-state index is 4.25. The summed E-state index contributed by atoms with van der Waals surface area (Å²) in [6, 6.07) is 0. The molecule has 0 fully saturated rings. The average Bonchev–Trinajstić information content (AvgIpc) is 2.13. The van der Waals surface area contributed by atoms with Crippen LogP contribution in [0.15, 0.2) is 40.7 Å². The molecule has 0 heterocycles. The summed E-state index contributed by atoms with van der Waals surface area (Å²) in [6.07, 6.45) is 5.69. The van der Waals surface area contributed by atoms with E-state index in [0.717, 1.165) is 16.8 Å². The van der Waals surface area contributed by atoms with Gasteiger partial charge in [-0.15, -0.1) is 0 Å². The molecule has 0 aromatic rings. The second kappa shape index (κ2) is 6.19. The lowest BCUT2D eigenvalue weighted by Gasteiger charge is -2.10. The summed E-state index contributed by atoms with van der Waals surface area (Å²) in [4.78, 5) is 6.25. The van der Waals surface area contributed by atoms with Crippen molar-refractivity contribution in [2.24, 2.45) is 4.99 Å². The summed E-state index contributed by atoms with van der Waals surface area (Å²) in [5.41, 5.74) is 3.30. The van der Waals surface area contributed by atoms with Crippen molar-refractivity contribution in [1.82, 2.24) is 4.90 Å². The number of allylic oxidation sites excluding steroid dienone is 4. The largest absolute Gasteiger partial charge is 0.383 e. The molecule has 2 heteroatoms. The fraction of sp³-hybridized carbons (Fsp3) is 0.417. The van der Waals surface area contributed by atoms with E-state index < -0.39 is 0 Å². The molecule has 0 aliphatic heterocycles. The van der Waals surface area contributed by atoms with E-state index in [4.69, 9.17) is 0 Å². The molecule has 0 spiro atoms. The van der Waals surface area contributed by atoms with E-state index in [1.54, 1.807) is 6.21 Å². The molecule has 0 unspecified atom stereocenters. The van der Waals surface area contributed by atoms with E-state index >= 15 is 0 Å². The van der Waals surface area contributed by atoms with Gasteiger partial charge in [-0.3, -0.25) is 4.99 Å². The summed E-state index contributed by atoms with van der Waals surface area (Å²) in [5.74, 6) is 0. The molecule has 0 bridgehead atoms. The van der Waals surface area contributed by atoms with E-state index in [0.29, 0.717) is 0 Å². The molecule has 0 aromatic carbocycles. The highest BCUT2D eigenvalue weighted by molar-refractivity contribution is 5.56. The first-order chi connectivity index (χ1) is 6.52. The van der Waals surface area contributed by atoms with Crippen LogP contribution in [-0.4, -0.2) is 25.2 Å². The number of aliphatic imine (C=N–C) groups is 1. The summed E-state index contributed by atoms with van der Waals surface area (Å²) < 4.78 is 0. The number of rotatable bonds is 4. The first kappa shape index (κ1) is 12.7. The van der Waals surface area contributed by atoms with Crippen LogP contribution >= 0.6 is 0 Å². The minimum absolute atomic E-state index is 1.03. The molecule has 0 aliphatic carbocycles. The van der Waals surface area contributed by atoms with Crippen molar-refractivity contribution in [2.45, 2.75) is 20.8 Å². The van der Waals surface area contributed by atoms with Crippen LogP contribution < -0.4 is 0 Å². The summed E-state index contributed by atoms with van der Waals surface area (Å²) >= 11 is 0. The smallest absolute Gasteiger partial charge is 0.0404 e. The summed E-state index contributed by atoms with van der Waals surface area (Å²) in [6.45, 7) is 9.77. The van der Waals surface area contributed by atoms with E-state index in [2.05, 4.69) is 18.5 Å². The van der Waals surface area contributed by atoms with Crippen molar-refractivity contribution < 1.29 is 0 Å². The zero-order chi connectivity index (χ0) is 11.1. The van der Waals surface area contributed by atoms with Crippen LogP contribution in [0.1, 0.15) is 20.8 Å². The quantitative estimate of drug-likeness (QED) is 0.494. The molecule has 0 amide bonds. The van der Waals surface area contributed by atoms with E-state index in [-0.39, 0.29) is 0 Å². The van der Waals surface area contributed by atoms with Gasteiger partial charge in [-0.1, -0.05) is 12.7 Å². The predicted octanol–water partition coefficient (Wildman–Crippen LogP) is 3.00. The minimum Gasteiger partial charge on any atom is -0.383 e. The third-order valence-corrected chi connectivity index (χ3v) is 1.92. The van der Waals surface area contributed by atoms with Gasteiger partial charge in [-0.25, -0.2) is 0 Å². The fourth-order valence-corrected chi connectivity index (χ4v) is 1.08. The Hall–Kier alpha value is -1.31. The summed E-state index contributed by atoms with van der Waals surface area (Å²) in [5, 5.41) is 0. The minimum atomic E-state index is 1.03. The van der Waals surface area contributed by atoms with Crippen molar-refractivity contribution in [3.05, 3.63) is 35.7 Å². The fourth-order valence-electron chi connectivity index (χ4n) is 1.08. The Balaban J connectivity index is 5.05. The van der Waals surface area contributed by atoms with Gasteiger partial charge in [0.25, 0.3) is 0 Å². The Morgan fingerprint density at radius 3 is 2.21 bits per heavy atom. The lowest BCUT2D eigenvalue weighted by Crippen LogP contribution is -2.03. The molecule has 0 atom stereocenters. The normalized spacial score (nSPS) is 14.2. The van der Waals surface area contributed by atoms with E-state index in [1.807, 2.05) is 45.1 Å². The van der Waals surface area contributed by atoms with Gasteiger partial charge >= 0.3 is 0 Å². The van der Waals surface area contributed by atoms with Gasteiger partial charge in [0.15, 0.2) is 0 Å². The Kier molecular flexibility index (Phi) is 5.61. The molecule has 2 nitrogen and oxygen atoms in total. The molecule has 0 rings (SSSR count). The Morgan fingerprint density at radius 1 is 1.29 bits per heavy atom. The third kappa shape index (κ3) is 4.08. The molecule has 0 saturated heterocycles. The van der Waals surface area contributed by atoms with Crippen molar-refractivity contribution >= 4 is 6.21 Å². The van der Waals surface area contributed by atoms with Crippen LogP contribution in [0.2, 0.25) is 0 Å². The topological polar surface area (TPSA) is 15.6 Å². The van der Waals surface area contributed by atoms with Gasteiger partial charge in [0.05, 0.1) is 0 Å². The Labute approximate surface area is 87.3 Å². The summed E-state index contributed by atoms with van der Waals surface area (Å²) in [7, 11) is 3.99. The van der Waals surface area contributed by atoms with Gasteiger partial charge in [-0.05, 0) is 31.9 Å². The van der Waals surface area contributed by atoms with Crippen LogP contribution in [0, 0.1) is 0 Å². The van der Waals surface area contributed by atoms with Crippen LogP contribution in [0.5, 0.6) is 0 Å². The highest BCUT2D eigenvalue weighted by Crippen LogP contribution is 2.16. The zero-order valence-electron chi connectivity index (χ0n) is 9.83. The van der Waals surface area contributed by atoms with Crippen LogP contribution in [0.3, 0.4) is 0 Å². The van der Waals surface area contributed by atoms with E-state index in [9.17, 15) is 0 Å². The molecule has 78 valence electrons. The molecule has 0 N–H and O–H groups in total. The Bertz CT molecular complexity index is 281. The monoisotopic (exact) mass is 192 g/mol. The van der Waals surface area contributed by atoms with Crippen molar-refractivity contribution in [3.8, 4) is 0 Å². The van der Waals surface area contributed by atoms with Crippen LogP contribution in [0.4, 0.5) is 0 Å². The van der Waals surface area contributed by atoms with Crippen molar-refractivity contribution in [1.29, 1.82) is 0 Å².